The summed E-state index contributed by atoms with van der Waals surface area (Å²) in [6.07, 6.45) is 0. The zero-order chi connectivity index (χ0) is 14.5. The van der Waals surface area contributed by atoms with Crippen molar-refractivity contribution in [2.45, 2.75) is 6.54 Å². The fraction of sp³-hybridized carbons (Fsp3) is 0.267. The summed E-state index contributed by atoms with van der Waals surface area (Å²) >= 11 is 5.11. The highest BCUT2D eigenvalue weighted by molar-refractivity contribution is 9.11. The molecule has 0 saturated carbocycles. The first-order valence-corrected chi connectivity index (χ1v) is 7.96. The van der Waals surface area contributed by atoms with Crippen LogP contribution in [0.2, 0.25) is 0 Å². The normalized spacial score (nSPS) is 10.8. The van der Waals surface area contributed by atoms with E-state index < -0.39 is 0 Å². The third-order valence-electron chi connectivity index (χ3n) is 3.00. The maximum Gasteiger partial charge on any atom is 0.240 e. The average molecular weight is 353 g/mol. The molecule has 1 heterocycles. The Morgan fingerprint density at radius 1 is 1.25 bits per heavy atom. The van der Waals surface area contributed by atoms with E-state index in [1.165, 1.54) is 5.56 Å². The van der Waals surface area contributed by atoms with Gasteiger partial charge in [-0.3, -0.25) is 9.69 Å². The maximum atomic E-state index is 12.2. The van der Waals surface area contributed by atoms with Gasteiger partial charge >= 0.3 is 0 Å². The number of thiophene rings is 1. The van der Waals surface area contributed by atoms with E-state index in [1.807, 2.05) is 49.3 Å². The molecule has 5 heteroatoms. The molecule has 0 atom stereocenters. The zero-order valence-corrected chi connectivity index (χ0v) is 13.9. The van der Waals surface area contributed by atoms with Gasteiger partial charge in [0.1, 0.15) is 0 Å². The number of likely N-dealkylation sites (N-methyl/N-ethyl adjacent to an activating group) is 2. The number of amides is 1. The molecule has 106 valence electrons. The molecular formula is C15H17BrN2OS. The Labute approximate surface area is 132 Å². The largest absolute Gasteiger partial charge is 0.314 e. The molecular weight excluding hydrogens is 336 g/mol. The molecule has 1 aromatic heterocycles. The monoisotopic (exact) mass is 352 g/mol. The Hall–Kier alpha value is -1.17. The molecule has 3 nitrogen and oxygen atoms in total. The fourth-order valence-corrected chi connectivity index (χ4v) is 3.13. The SMILES string of the molecule is CN(CC(=O)N(C)c1ccccc1)Cc1csc(Br)c1. The molecule has 0 spiro atoms. The number of para-hydroxylation sites is 1. The second kappa shape index (κ2) is 7.02. The third-order valence-corrected chi connectivity index (χ3v) is 4.55. The molecule has 0 unspecified atom stereocenters. The van der Waals surface area contributed by atoms with Gasteiger partial charge < -0.3 is 4.90 Å². The summed E-state index contributed by atoms with van der Waals surface area (Å²) in [5.41, 5.74) is 2.14. The quantitative estimate of drug-likeness (QED) is 0.820. The predicted molar refractivity (Wildman–Crippen MR) is 88.2 cm³/mol. The molecule has 0 fully saturated rings. The first-order valence-electron chi connectivity index (χ1n) is 6.29. The number of halogens is 1. The van der Waals surface area contributed by atoms with Gasteiger partial charge in [0.2, 0.25) is 5.91 Å². The van der Waals surface area contributed by atoms with Crippen molar-refractivity contribution in [1.29, 1.82) is 0 Å². The molecule has 0 aliphatic rings. The smallest absolute Gasteiger partial charge is 0.240 e. The Kier molecular flexibility index (Phi) is 5.34. The van der Waals surface area contributed by atoms with Gasteiger partial charge in [-0.05, 0) is 52.1 Å². The summed E-state index contributed by atoms with van der Waals surface area (Å²) in [5, 5.41) is 2.10. The van der Waals surface area contributed by atoms with Gasteiger partial charge in [-0.1, -0.05) is 18.2 Å². The number of hydrogen-bond donors (Lipinski definition) is 0. The third kappa shape index (κ3) is 4.16. The average Bonchev–Trinajstić information content (AvgIpc) is 2.84. The van der Waals surface area contributed by atoms with Gasteiger partial charge in [0.25, 0.3) is 0 Å². The van der Waals surface area contributed by atoms with Crippen LogP contribution in [0.3, 0.4) is 0 Å². The van der Waals surface area contributed by atoms with E-state index in [0.29, 0.717) is 6.54 Å². The van der Waals surface area contributed by atoms with E-state index in [0.717, 1.165) is 16.0 Å². The lowest BCUT2D eigenvalue weighted by molar-refractivity contribution is -0.119. The molecule has 0 aliphatic carbocycles. The van der Waals surface area contributed by atoms with Crippen molar-refractivity contribution in [3.63, 3.8) is 0 Å². The zero-order valence-electron chi connectivity index (χ0n) is 11.5. The highest BCUT2D eigenvalue weighted by Crippen LogP contribution is 2.21. The number of hydrogen-bond acceptors (Lipinski definition) is 3. The van der Waals surface area contributed by atoms with Crippen LogP contribution in [0.4, 0.5) is 5.69 Å². The van der Waals surface area contributed by atoms with Gasteiger partial charge in [0, 0.05) is 19.3 Å². The van der Waals surface area contributed by atoms with Gasteiger partial charge in [0.15, 0.2) is 0 Å². The molecule has 0 radical (unpaired) electrons. The van der Waals surface area contributed by atoms with Crippen molar-refractivity contribution in [3.05, 3.63) is 51.1 Å². The lowest BCUT2D eigenvalue weighted by atomic mass is 10.3. The number of anilines is 1. The highest BCUT2D eigenvalue weighted by atomic mass is 79.9. The van der Waals surface area contributed by atoms with Crippen LogP contribution < -0.4 is 4.90 Å². The first-order chi connectivity index (χ1) is 9.56. The summed E-state index contributed by atoms with van der Waals surface area (Å²) in [6.45, 7) is 1.18. The number of nitrogens with zero attached hydrogens (tertiary/aromatic N) is 2. The van der Waals surface area contributed by atoms with Crippen molar-refractivity contribution in [3.8, 4) is 0 Å². The maximum absolute atomic E-state index is 12.2. The molecule has 0 aliphatic heterocycles. The van der Waals surface area contributed by atoms with Crippen LogP contribution in [-0.2, 0) is 11.3 Å². The van der Waals surface area contributed by atoms with Crippen LogP contribution in [0.5, 0.6) is 0 Å². The van der Waals surface area contributed by atoms with E-state index in [2.05, 4.69) is 27.4 Å². The number of carbonyl (C=O) groups excluding carboxylic acids is 1. The molecule has 2 aromatic rings. The van der Waals surface area contributed by atoms with Gasteiger partial charge in [-0.25, -0.2) is 0 Å². The van der Waals surface area contributed by atoms with E-state index in [1.54, 1.807) is 16.2 Å². The molecule has 0 N–H and O–H groups in total. The van der Waals surface area contributed by atoms with Gasteiger partial charge in [0.05, 0.1) is 10.3 Å². The van der Waals surface area contributed by atoms with Crippen LogP contribution in [0, 0.1) is 0 Å². The van der Waals surface area contributed by atoms with Crippen LogP contribution in [0.1, 0.15) is 5.56 Å². The minimum atomic E-state index is 0.0907. The van der Waals surface area contributed by atoms with E-state index in [-0.39, 0.29) is 5.91 Å². The first kappa shape index (κ1) is 15.2. The highest BCUT2D eigenvalue weighted by Gasteiger charge is 2.13. The van der Waals surface area contributed by atoms with Crippen LogP contribution in [0.25, 0.3) is 0 Å². The minimum Gasteiger partial charge on any atom is -0.314 e. The van der Waals surface area contributed by atoms with Crippen molar-refractivity contribution < 1.29 is 4.79 Å². The molecule has 20 heavy (non-hydrogen) atoms. The number of benzene rings is 1. The lowest BCUT2D eigenvalue weighted by Gasteiger charge is -2.21. The van der Waals surface area contributed by atoms with Crippen molar-refractivity contribution in [2.75, 3.05) is 25.5 Å². The van der Waals surface area contributed by atoms with Crippen molar-refractivity contribution in [1.82, 2.24) is 4.90 Å². The van der Waals surface area contributed by atoms with Crippen LogP contribution in [-0.4, -0.2) is 31.4 Å². The topological polar surface area (TPSA) is 23.6 Å². The number of rotatable bonds is 5. The summed E-state index contributed by atoms with van der Waals surface area (Å²) in [5.74, 6) is 0.0907. The van der Waals surface area contributed by atoms with Crippen LogP contribution in [0.15, 0.2) is 45.6 Å². The Morgan fingerprint density at radius 2 is 1.95 bits per heavy atom. The van der Waals surface area contributed by atoms with Crippen LogP contribution >= 0.6 is 27.3 Å². The van der Waals surface area contributed by atoms with E-state index >= 15 is 0 Å². The molecule has 0 saturated heterocycles. The molecule has 0 bridgehead atoms. The Morgan fingerprint density at radius 3 is 2.55 bits per heavy atom. The summed E-state index contributed by atoms with van der Waals surface area (Å²) in [6, 6.07) is 11.8. The fourth-order valence-electron chi connectivity index (χ4n) is 1.93. The second-order valence-corrected chi connectivity index (χ2v) is 7.01. The molecule has 1 aromatic carbocycles. The predicted octanol–water partition coefficient (Wildman–Crippen LogP) is 3.61. The molecule has 2 rings (SSSR count). The van der Waals surface area contributed by atoms with Crippen molar-refractivity contribution >= 4 is 38.9 Å². The lowest BCUT2D eigenvalue weighted by Crippen LogP contribution is -2.36. The van der Waals surface area contributed by atoms with E-state index in [4.69, 9.17) is 0 Å². The molecule has 1 amide bonds. The summed E-state index contributed by atoms with van der Waals surface area (Å²) in [4.78, 5) is 15.9. The number of carbonyl (C=O) groups is 1. The second-order valence-electron chi connectivity index (χ2n) is 4.72. The standard InChI is InChI=1S/C15H17BrN2OS/c1-17(9-12-8-14(16)20-11-12)10-15(19)18(2)13-6-4-3-5-7-13/h3-8,11H,9-10H2,1-2H3. The van der Waals surface area contributed by atoms with Crippen molar-refractivity contribution in [2.24, 2.45) is 0 Å². The van der Waals surface area contributed by atoms with E-state index in [9.17, 15) is 4.79 Å². The Balaban J connectivity index is 1.90. The summed E-state index contributed by atoms with van der Waals surface area (Å²) in [7, 11) is 3.77. The Bertz CT molecular complexity index is 570. The summed E-state index contributed by atoms with van der Waals surface area (Å²) < 4.78 is 1.12. The minimum absolute atomic E-state index is 0.0907. The van der Waals surface area contributed by atoms with Gasteiger partial charge in [-0.2, -0.15) is 0 Å². The van der Waals surface area contributed by atoms with Gasteiger partial charge in [-0.15, -0.1) is 11.3 Å².